The zero-order valence-corrected chi connectivity index (χ0v) is 27.1. The molecule has 4 heterocycles. The second kappa shape index (κ2) is 14.2. The molecule has 0 spiro atoms. The minimum absolute atomic E-state index is 0.0224. The highest BCUT2D eigenvalue weighted by atomic mass is 32.2. The second-order valence-electron chi connectivity index (χ2n) is 13.1. The van der Waals surface area contributed by atoms with E-state index in [0.717, 1.165) is 51.3 Å². The lowest BCUT2D eigenvalue weighted by molar-refractivity contribution is -0.134. The number of anilines is 3. The molecular formula is C35H47N5O4S. The Morgan fingerprint density at radius 2 is 1.58 bits per heavy atom. The van der Waals surface area contributed by atoms with Crippen LogP contribution in [0.3, 0.4) is 0 Å². The van der Waals surface area contributed by atoms with Crippen LogP contribution in [-0.2, 0) is 20.7 Å². The van der Waals surface area contributed by atoms with E-state index in [-0.39, 0.29) is 23.4 Å². The minimum atomic E-state index is -0.138. The zero-order chi connectivity index (χ0) is 30.6. The highest BCUT2D eigenvalue weighted by Gasteiger charge is 2.38. The predicted molar refractivity (Wildman–Crippen MR) is 180 cm³/mol. The van der Waals surface area contributed by atoms with E-state index in [1.54, 1.807) is 0 Å². The molecule has 9 nitrogen and oxygen atoms in total. The monoisotopic (exact) mass is 633 g/mol. The van der Waals surface area contributed by atoms with E-state index in [9.17, 15) is 9.59 Å². The molecule has 2 aromatic rings. The average Bonchev–Trinajstić information content (AvgIpc) is 3.27. The maximum absolute atomic E-state index is 13.6. The highest BCUT2D eigenvalue weighted by molar-refractivity contribution is 8.00. The number of morpholine rings is 1. The lowest BCUT2D eigenvalue weighted by Gasteiger charge is -2.45. The largest absolute Gasteiger partial charge is 0.378 e. The fourth-order valence-corrected chi connectivity index (χ4v) is 9.24. The van der Waals surface area contributed by atoms with E-state index < -0.39 is 0 Å². The Bertz CT molecular complexity index is 1310. The number of ether oxygens (including phenoxy) is 2. The lowest BCUT2D eigenvalue weighted by Crippen LogP contribution is -2.51. The molecule has 2 unspecified atom stereocenters. The third-order valence-electron chi connectivity index (χ3n) is 10.3. The van der Waals surface area contributed by atoms with Gasteiger partial charge in [0, 0.05) is 55.8 Å². The van der Waals surface area contributed by atoms with Gasteiger partial charge in [-0.05, 0) is 73.9 Å². The third kappa shape index (κ3) is 7.08. The predicted octanol–water partition coefficient (Wildman–Crippen LogP) is 5.75. The van der Waals surface area contributed by atoms with E-state index in [0.29, 0.717) is 44.1 Å². The summed E-state index contributed by atoms with van der Waals surface area (Å²) in [7, 11) is 0. The molecule has 45 heavy (non-hydrogen) atoms. The number of urea groups is 1. The molecule has 4 fully saturated rings. The fourth-order valence-electron chi connectivity index (χ4n) is 7.73. The molecule has 0 aromatic heterocycles. The van der Waals surface area contributed by atoms with Gasteiger partial charge in [-0.1, -0.05) is 37.5 Å². The summed E-state index contributed by atoms with van der Waals surface area (Å²) in [6.07, 6.45) is 9.25. The average molecular weight is 634 g/mol. The van der Waals surface area contributed by atoms with Gasteiger partial charge in [0.05, 0.1) is 25.0 Å². The maximum atomic E-state index is 13.6. The quantitative estimate of drug-likeness (QED) is 0.434. The first kappa shape index (κ1) is 30.7. The normalized spacial score (nSPS) is 25.5. The number of hydrogen-bond donors (Lipinski definition) is 1. The Labute approximate surface area is 271 Å². The first-order chi connectivity index (χ1) is 22.1. The molecule has 7 rings (SSSR count). The standard InChI is InChI=1S/C35H47N5O4S/c41-32(38-17-15-30(16-18-38)39-19-14-26-6-4-5-9-31(26)36-35(39)42)24-33-44-25-40(34(45-33)27-7-2-1-3-8-27)29-12-10-28(11-13-29)37-20-22-43-23-21-37/h4-6,9-13,27,30,33-34H,1-3,7-8,14-25H2,(H,36,42). The molecule has 4 aliphatic heterocycles. The summed E-state index contributed by atoms with van der Waals surface area (Å²) in [5.74, 6) is 0.773. The van der Waals surface area contributed by atoms with E-state index in [1.807, 2.05) is 39.8 Å². The summed E-state index contributed by atoms with van der Waals surface area (Å²) in [6, 6.07) is 17.1. The number of carbonyl (C=O) groups is 2. The summed E-state index contributed by atoms with van der Waals surface area (Å²) >= 11 is 1.85. The number of nitrogens with zero attached hydrogens (tertiary/aromatic N) is 4. The van der Waals surface area contributed by atoms with Crippen molar-refractivity contribution in [1.82, 2.24) is 9.80 Å². The van der Waals surface area contributed by atoms with E-state index in [4.69, 9.17) is 9.47 Å². The van der Waals surface area contributed by atoms with Gasteiger partial charge < -0.3 is 34.4 Å². The van der Waals surface area contributed by atoms with Crippen molar-refractivity contribution < 1.29 is 19.1 Å². The molecule has 2 atom stereocenters. The molecule has 242 valence electrons. The first-order valence-corrected chi connectivity index (χ1v) is 18.0. The molecule has 3 saturated heterocycles. The van der Waals surface area contributed by atoms with Gasteiger partial charge in [-0.2, -0.15) is 0 Å². The number of hydrogen-bond acceptors (Lipinski definition) is 7. The van der Waals surface area contributed by atoms with E-state index >= 15 is 0 Å². The van der Waals surface area contributed by atoms with Crippen LogP contribution < -0.4 is 15.1 Å². The zero-order valence-electron chi connectivity index (χ0n) is 26.3. The first-order valence-electron chi connectivity index (χ1n) is 17.0. The van der Waals surface area contributed by atoms with Gasteiger partial charge >= 0.3 is 6.03 Å². The molecule has 1 saturated carbocycles. The Kier molecular flexibility index (Phi) is 9.70. The summed E-state index contributed by atoms with van der Waals surface area (Å²) < 4.78 is 11.9. The van der Waals surface area contributed by atoms with Gasteiger partial charge in [0.1, 0.15) is 12.2 Å². The van der Waals surface area contributed by atoms with Crippen LogP contribution in [0.15, 0.2) is 48.5 Å². The molecule has 5 aliphatic rings. The molecule has 10 heteroatoms. The maximum Gasteiger partial charge on any atom is 0.322 e. The Morgan fingerprint density at radius 3 is 2.36 bits per heavy atom. The number of thioether (sulfide) groups is 1. The van der Waals surface area contributed by atoms with E-state index in [2.05, 4.69) is 45.4 Å². The smallest absolute Gasteiger partial charge is 0.322 e. The fraction of sp³-hybridized carbons (Fsp3) is 0.600. The van der Waals surface area contributed by atoms with Gasteiger partial charge in [0.25, 0.3) is 0 Å². The van der Waals surface area contributed by atoms with Crippen LogP contribution in [0.5, 0.6) is 0 Å². The minimum Gasteiger partial charge on any atom is -0.378 e. The van der Waals surface area contributed by atoms with Crippen LogP contribution in [0.2, 0.25) is 0 Å². The van der Waals surface area contributed by atoms with E-state index in [1.165, 1.54) is 49.0 Å². The van der Waals surface area contributed by atoms with Crippen LogP contribution in [0.1, 0.15) is 56.9 Å². The van der Waals surface area contributed by atoms with Gasteiger partial charge in [-0.15, -0.1) is 11.8 Å². The Balaban J connectivity index is 0.946. The number of rotatable bonds is 6. The summed E-state index contributed by atoms with van der Waals surface area (Å²) in [4.78, 5) is 35.4. The van der Waals surface area contributed by atoms with Crippen molar-refractivity contribution in [3.05, 3.63) is 54.1 Å². The van der Waals surface area contributed by atoms with Crippen molar-refractivity contribution >= 4 is 40.8 Å². The molecule has 0 radical (unpaired) electrons. The molecule has 3 amide bonds. The highest BCUT2D eigenvalue weighted by Crippen LogP contribution is 2.42. The number of para-hydroxylation sites is 1. The second-order valence-corrected chi connectivity index (χ2v) is 14.4. The van der Waals surface area contributed by atoms with Crippen LogP contribution in [0, 0.1) is 5.92 Å². The number of carbonyl (C=O) groups excluding carboxylic acids is 2. The number of piperidine rings is 1. The number of likely N-dealkylation sites (tertiary alicyclic amines) is 1. The van der Waals surface area contributed by atoms with Crippen molar-refractivity contribution in [2.75, 3.05) is 67.8 Å². The Morgan fingerprint density at radius 1 is 0.844 bits per heavy atom. The van der Waals surface area contributed by atoms with Crippen molar-refractivity contribution in [2.24, 2.45) is 5.92 Å². The number of amides is 3. The molecule has 1 N–H and O–H groups in total. The molecular weight excluding hydrogens is 586 g/mol. The van der Waals surface area contributed by atoms with Gasteiger partial charge in [-0.3, -0.25) is 4.79 Å². The van der Waals surface area contributed by atoms with Crippen molar-refractivity contribution in [3.63, 3.8) is 0 Å². The third-order valence-corrected chi connectivity index (χ3v) is 11.9. The van der Waals surface area contributed by atoms with Gasteiger partial charge in [0.15, 0.2) is 0 Å². The van der Waals surface area contributed by atoms with Crippen LogP contribution in [0.25, 0.3) is 0 Å². The lowest BCUT2D eigenvalue weighted by atomic mass is 9.88. The molecule has 2 aromatic carbocycles. The van der Waals surface area contributed by atoms with Crippen molar-refractivity contribution in [2.45, 2.75) is 74.6 Å². The number of nitrogens with one attached hydrogen (secondary N) is 1. The number of benzene rings is 2. The summed E-state index contributed by atoms with van der Waals surface area (Å²) in [6.45, 7) is 6.03. The van der Waals surface area contributed by atoms with Crippen LogP contribution in [-0.4, -0.2) is 91.3 Å². The molecule has 0 bridgehead atoms. The number of fused-ring (bicyclic) bond motifs is 1. The Hall–Kier alpha value is -2.95. The SMILES string of the molecule is O=C(CC1OCN(c2ccc(N3CCOCC3)cc2)C(C2CCCCC2)S1)N1CCC(N2CCc3ccccc3NC2=O)CC1. The van der Waals surface area contributed by atoms with Crippen molar-refractivity contribution in [3.8, 4) is 0 Å². The van der Waals surface area contributed by atoms with Crippen LogP contribution >= 0.6 is 11.8 Å². The van der Waals surface area contributed by atoms with Crippen molar-refractivity contribution in [1.29, 1.82) is 0 Å². The summed E-state index contributed by atoms with van der Waals surface area (Å²) in [5.41, 5.74) is 4.40. The van der Waals surface area contributed by atoms with Gasteiger partial charge in [-0.25, -0.2) is 4.79 Å². The summed E-state index contributed by atoms with van der Waals surface area (Å²) in [5, 5.41) is 3.41. The molecule has 1 aliphatic carbocycles. The van der Waals surface area contributed by atoms with Gasteiger partial charge in [0.2, 0.25) is 5.91 Å². The topological polar surface area (TPSA) is 77.6 Å². The van der Waals surface area contributed by atoms with Crippen LogP contribution in [0.4, 0.5) is 21.9 Å².